The Morgan fingerprint density at radius 2 is 1.75 bits per heavy atom. The Morgan fingerprint density at radius 1 is 1.07 bits per heavy atom. The van der Waals surface area contributed by atoms with Crippen molar-refractivity contribution >= 4 is 29.3 Å². The molecule has 1 aliphatic carbocycles. The Hall–Kier alpha value is -3.80. The van der Waals surface area contributed by atoms with E-state index in [2.05, 4.69) is 10.5 Å². The molecule has 0 bridgehead atoms. The zero-order valence-corrected chi connectivity index (χ0v) is 15.5. The zero-order valence-electron chi connectivity index (χ0n) is 15.5. The number of nitrogens with one attached hydrogen (secondary N) is 2. The van der Waals surface area contributed by atoms with Gasteiger partial charge in [0.25, 0.3) is 0 Å². The van der Waals surface area contributed by atoms with E-state index in [0.717, 1.165) is 23.0 Å². The molecule has 0 fully saturated rings. The minimum absolute atomic E-state index is 0.114. The van der Waals surface area contributed by atoms with E-state index in [0.29, 0.717) is 11.1 Å². The normalized spacial score (nSPS) is 14.9. The van der Waals surface area contributed by atoms with Gasteiger partial charge in [-0.25, -0.2) is 4.79 Å². The number of rotatable bonds is 5. The van der Waals surface area contributed by atoms with E-state index >= 15 is 0 Å². The maximum Gasteiger partial charge on any atom is 0.340 e. The highest BCUT2D eigenvalue weighted by atomic mass is 16.5. The number of ether oxygens (including phenoxy) is 1. The smallest absolute Gasteiger partial charge is 0.340 e. The van der Waals surface area contributed by atoms with Crippen LogP contribution in [0.2, 0.25) is 0 Å². The van der Waals surface area contributed by atoms with Crippen LogP contribution in [0.3, 0.4) is 0 Å². The molecule has 0 unspecified atom stereocenters. The van der Waals surface area contributed by atoms with Gasteiger partial charge in [-0.1, -0.05) is 48.5 Å². The maximum atomic E-state index is 12.1. The minimum Gasteiger partial charge on any atom is -0.465 e. The molecule has 0 atom stereocenters. The lowest BCUT2D eigenvalue weighted by Gasteiger charge is -2.16. The molecule has 0 spiro atoms. The number of hydrazone groups is 1. The fourth-order valence-corrected chi connectivity index (χ4v) is 3.00. The summed E-state index contributed by atoms with van der Waals surface area (Å²) in [6.45, 7) is 0. The molecule has 0 aromatic heterocycles. The number of methoxy groups -OCH3 is 1. The van der Waals surface area contributed by atoms with Crippen LogP contribution in [-0.4, -0.2) is 37.8 Å². The fraction of sp³-hybridized carbons (Fsp3) is 0.0909. The molecule has 0 saturated carbocycles. The molecule has 0 aliphatic heterocycles. The molecular formula is C22H19N3O3. The van der Waals surface area contributed by atoms with Gasteiger partial charge in [0, 0.05) is 12.6 Å². The van der Waals surface area contributed by atoms with Crippen LogP contribution < -0.4 is 5.43 Å². The van der Waals surface area contributed by atoms with Crippen LogP contribution in [-0.2, 0) is 9.53 Å². The Kier molecular flexibility index (Phi) is 5.60. The Labute approximate surface area is 162 Å². The van der Waals surface area contributed by atoms with Crippen molar-refractivity contribution in [3.05, 3.63) is 77.4 Å². The van der Waals surface area contributed by atoms with E-state index < -0.39 is 5.97 Å². The predicted octanol–water partition coefficient (Wildman–Crippen LogP) is 3.26. The molecule has 2 aromatic carbocycles. The second kappa shape index (κ2) is 8.26. The van der Waals surface area contributed by atoms with Crippen molar-refractivity contribution in [2.75, 3.05) is 14.2 Å². The summed E-state index contributed by atoms with van der Waals surface area (Å²) in [6.07, 6.45) is 4.15. The van der Waals surface area contributed by atoms with Crippen molar-refractivity contribution in [3.63, 3.8) is 0 Å². The van der Waals surface area contributed by atoms with Gasteiger partial charge in [-0.05, 0) is 34.4 Å². The second-order valence-electron chi connectivity index (χ2n) is 6.03. The number of benzene rings is 2. The molecule has 0 radical (unpaired) electrons. The number of aldehydes is 1. The summed E-state index contributed by atoms with van der Waals surface area (Å²) in [7, 11) is 2.89. The molecule has 2 N–H and O–H groups in total. The molecule has 2 aromatic rings. The number of carbonyl (C=O) groups excluding carboxylic acids is 2. The van der Waals surface area contributed by atoms with Crippen LogP contribution >= 0.6 is 0 Å². The Balaban J connectivity index is 2.00. The number of hydrogen-bond acceptors (Lipinski definition) is 6. The average molecular weight is 373 g/mol. The summed E-state index contributed by atoms with van der Waals surface area (Å²) >= 11 is 0. The van der Waals surface area contributed by atoms with E-state index in [1.54, 1.807) is 25.3 Å². The monoisotopic (exact) mass is 373 g/mol. The topological polar surface area (TPSA) is 91.6 Å². The van der Waals surface area contributed by atoms with E-state index in [9.17, 15) is 9.59 Å². The third-order valence-corrected chi connectivity index (χ3v) is 4.36. The molecule has 0 amide bonds. The van der Waals surface area contributed by atoms with Crippen LogP contribution in [0.25, 0.3) is 16.7 Å². The van der Waals surface area contributed by atoms with Crippen molar-refractivity contribution < 1.29 is 14.3 Å². The van der Waals surface area contributed by atoms with Gasteiger partial charge in [-0.15, -0.1) is 0 Å². The van der Waals surface area contributed by atoms with Crippen LogP contribution in [0.4, 0.5) is 0 Å². The van der Waals surface area contributed by atoms with Crippen LogP contribution in [0.5, 0.6) is 0 Å². The Morgan fingerprint density at radius 3 is 2.39 bits per heavy atom. The van der Waals surface area contributed by atoms with Crippen molar-refractivity contribution in [1.29, 1.82) is 5.41 Å². The highest BCUT2D eigenvalue weighted by Crippen LogP contribution is 2.28. The van der Waals surface area contributed by atoms with Gasteiger partial charge in [0.1, 0.15) is 5.71 Å². The van der Waals surface area contributed by atoms with Gasteiger partial charge in [0.2, 0.25) is 0 Å². The van der Waals surface area contributed by atoms with E-state index in [1.165, 1.54) is 7.11 Å². The molecule has 1 aliphatic rings. The predicted molar refractivity (Wildman–Crippen MR) is 110 cm³/mol. The second-order valence-corrected chi connectivity index (χ2v) is 6.03. The first-order valence-electron chi connectivity index (χ1n) is 8.59. The van der Waals surface area contributed by atoms with Gasteiger partial charge >= 0.3 is 5.97 Å². The van der Waals surface area contributed by atoms with Crippen molar-refractivity contribution in [2.45, 2.75) is 0 Å². The molecular weight excluding hydrogens is 354 g/mol. The lowest BCUT2D eigenvalue weighted by molar-refractivity contribution is -0.135. The SMILES string of the molecule is CN/N=C1\C(=N)C=C(c2ccc(-c3ccccc3C=O)cc2)C=C1C(=O)OC. The lowest BCUT2D eigenvalue weighted by atomic mass is 9.90. The fourth-order valence-electron chi connectivity index (χ4n) is 3.00. The number of allylic oxidation sites excluding steroid dienone is 3. The van der Waals surface area contributed by atoms with E-state index in [-0.39, 0.29) is 17.0 Å². The van der Waals surface area contributed by atoms with Crippen LogP contribution in [0.1, 0.15) is 15.9 Å². The lowest BCUT2D eigenvalue weighted by Crippen LogP contribution is -2.26. The number of hydrogen-bond donors (Lipinski definition) is 2. The Bertz CT molecular complexity index is 1030. The highest BCUT2D eigenvalue weighted by Gasteiger charge is 2.25. The van der Waals surface area contributed by atoms with Crippen LogP contribution in [0.15, 0.2) is 71.4 Å². The van der Waals surface area contributed by atoms with Crippen molar-refractivity contribution in [1.82, 2.24) is 5.43 Å². The summed E-state index contributed by atoms with van der Waals surface area (Å²) in [5.41, 5.74) is 7.09. The quantitative estimate of drug-likeness (QED) is 0.364. The van der Waals surface area contributed by atoms with E-state index in [1.807, 2.05) is 42.5 Å². The van der Waals surface area contributed by atoms with Crippen molar-refractivity contribution in [2.24, 2.45) is 5.10 Å². The summed E-state index contributed by atoms with van der Waals surface area (Å²) in [5, 5.41) is 12.2. The number of esters is 1. The summed E-state index contributed by atoms with van der Waals surface area (Å²) in [5.74, 6) is -0.555. The largest absolute Gasteiger partial charge is 0.465 e. The third kappa shape index (κ3) is 3.66. The van der Waals surface area contributed by atoms with Crippen molar-refractivity contribution in [3.8, 4) is 11.1 Å². The first-order valence-corrected chi connectivity index (χ1v) is 8.59. The summed E-state index contributed by atoms with van der Waals surface area (Å²) in [4.78, 5) is 23.4. The molecule has 0 heterocycles. The first-order chi connectivity index (χ1) is 13.6. The molecule has 0 saturated heterocycles. The number of carbonyl (C=O) groups is 2. The number of nitrogens with zero attached hydrogens (tertiary/aromatic N) is 1. The van der Waals surface area contributed by atoms with Crippen LogP contribution in [0, 0.1) is 5.41 Å². The summed E-state index contributed by atoms with van der Waals surface area (Å²) < 4.78 is 4.83. The van der Waals surface area contributed by atoms with Gasteiger partial charge in [0.15, 0.2) is 6.29 Å². The standard InChI is InChI=1S/C22H19N3O3/c1-24-25-21-19(22(27)28-2)11-17(12-20(21)23)14-7-9-15(10-8-14)18-6-4-3-5-16(18)13-26/h3-13,23-24H,1-2H3/b23-20?,25-21-. The van der Waals surface area contributed by atoms with Gasteiger partial charge in [0.05, 0.1) is 18.4 Å². The van der Waals surface area contributed by atoms with Gasteiger partial charge in [-0.3, -0.25) is 10.2 Å². The highest BCUT2D eigenvalue weighted by molar-refractivity contribution is 6.57. The minimum atomic E-state index is -0.555. The first kappa shape index (κ1) is 19.0. The third-order valence-electron chi connectivity index (χ3n) is 4.36. The van der Waals surface area contributed by atoms with E-state index in [4.69, 9.17) is 10.1 Å². The average Bonchev–Trinajstić information content (AvgIpc) is 2.74. The molecule has 3 rings (SSSR count). The van der Waals surface area contributed by atoms with Gasteiger partial charge < -0.3 is 10.2 Å². The van der Waals surface area contributed by atoms with Gasteiger partial charge in [-0.2, -0.15) is 5.10 Å². The molecule has 140 valence electrons. The maximum absolute atomic E-state index is 12.1. The molecule has 6 nitrogen and oxygen atoms in total. The molecule has 28 heavy (non-hydrogen) atoms. The molecule has 6 heteroatoms. The summed E-state index contributed by atoms with van der Waals surface area (Å²) in [6, 6.07) is 15.0. The zero-order chi connectivity index (χ0) is 20.1.